The van der Waals surface area contributed by atoms with Crippen molar-refractivity contribution < 1.29 is 0 Å². The third-order valence-electron chi connectivity index (χ3n) is 5.96. The van der Waals surface area contributed by atoms with Crippen LogP contribution in [-0.2, 0) is 0 Å². The molecule has 0 aliphatic rings. The van der Waals surface area contributed by atoms with Gasteiger partial charge in [0, 0.05) is 5.69 Å². The van der Waals surface area contributed by atoms with E-state index in [1.165, 1.54) is 44.5 Å². The van der Waals surface area contributed by atoms with Crippen LogP contribution in [0.4, 0.5) is 5.69 Å². The van der Waals surface area contributed by atoms with Crippen LogP contribution in [0.2, 0.25) is 0 Å². The van der Waals surface area contributed by atoms with E-state index in [0.29, 0.717) is 0 Å². The lowest BCUT2D eigenvalue weighted by molar-refractivity contribution is 1.44. The Morgan fingerprint density at radius 3 is 1.66 bits per heavy atom. The number of hydrogen-bond acceptors (Lipinski definition) is 1. The van der Waals surface area contributed by atoms with E-state index in [2.05, 4.69) is 116 Å². The van der Waals surface area contributed by atoms with Gasteiger partial charge in [0.05, 0.1) is 0 Å². The van der Waals surface area contributed by atoms with Crippen molar-refractivity contribution in [1.82, 2.24) is 0 Å². The van der Waals surface area contributed by atoms with Gasteiger partial charge in [-0.15, -0.1) is 0 Å². The maximum Gasteiger partial charge on any atom is 0.0314 e. The lowest BCUT2D eigenvalue weighted by Crippen LogP contribution is -1.94. The molecule has 0 aliphatic heterocycles. The SMILES string of the molecule is Cc1ccc(-c2cccc(-c3ccc(N)cc3)c2)c(-c2ccccc2)c1-c1ccccc1. The first-order chi connectivity index (χ1) is 15.7. The molecule has 0 atom stereocenters. The number of nitrogens with two attached hydrogens (primary N) is 1. The first-order valence-corrected chi connectivity index (χ1v) is 10.9. The fourth-order valence-corrected chi connectivity index (χ4v) is 4.37. The Morgan fingerprint density at radius 2 is 1.00 bits per heavy atom. The summed E-state index contributed by atoms with van der Waals surface area (Å²) in [5, 5.41) is 0. The largest absolute Gasteiger partial charge is 0.399 e. The van der Waals surface area contributed by atoms with E-state index < -0.39 is 0 Å². The lowest BCUT2D eigenvalue weighted by atomic mass is 9.84. The summed E-state index contributed by atoms with van der Waals surface area (Å²) in [7, 11) is 0. The highest BCUT2D eigenvalue weighted by Gasteiger charge is 2.16. The zero-order valence-corrected chi connectivity index (χ0v) is 18.1. The van der Waals surface area contributed by atoms with Gasteiger partial charge in [-0.1, -0.05) is 103 Å². The van der Waals surface area contributed by atoms with Crippen molar-refractivity contribution in [2.75, 3.05) is 5.73 Å². The molecule has 5 aromatic rings. The number of benzene rings is 5. The summed E-state index contributed by atoms with van der Waals surface area (Å²) in [6.07, 6.45) is 0. The van der Waals surface area contributed by atoms with E-state index in [9.17, 15) is 0 Å². The van der Waals surface area contributed by atoms with E-state index in [1.807, 2.05) is 12.1 Å². The summed E-state index contributed by atoms with van der Waals surface area (Å²) < 4.78 is 0. The summed E-state index contributed by atoms with van der Waals surface area (Å²) in [5.74, 6) is 0. The monoisotopic (exact) mass is 411 g/mol. The molecule has 154 valence electrons. The molecule has 1 nitrogen and oxygen atoms in total. The average molecular weight is 412 g/mol. The molecule has 0 saturated carbocycles. The highest BCUT2D eigenvalue weighted by Crippen LogP contribution is 2.42. The number of nitrogen functional groups attached to an aromatic ring is 1. The topological polar surface area (TPSA) is 26.0 Å². The van der Waals surface area contributed by atoms with E-state index in [-0.39, 0.29) is 0 Å². The maximum absolute atomic E-state index is 5.90. The molecule has 0 spiro atoms. The van der Waals surface area contributed by atoms with Crippen molar-refractivity contribution in [3.05, 3.63) is 127 Å². The van der Waals surface area contributed by atoms with E-state index in [0.717, 1.165) is 11.3 Å². The van der Waals surface area contributed by atoms with Gasteiger partial charge in [0.1, 0.15) is 0 Å². The Bertz CT molecular complexity index is 1350. The molecule has 0 saturated heterocycles. The lowest BCUT2D eigenvalue weighted by Gasteiger charge is -2.19. The smallest absolute Gasteiger partial charge is 0.0314 e. The number of rotatable bonds is 4. The van der Waals surface area contributed by atoms with Crippen LogP contribution in [0.15, 0.2) is 121 Å². The third-order valence-corrected chi connectivity index (χ3v) is 5.96. The molecule has 2 N–H and O–H groups in total. The molecule has 0 radical (unpaired) electrons. The van der Waals surface area contributed by atoms with Crippen LogP contribution in [0, 0.1) is 6.92 Å². The molecule has 0 heterocycles. The Morgan fingerprint density at radius 1 is 0.438 bits per heavy atom. The number of hydrogen-bond donors (Lipinski definition) is 1. The molecule has 0 unspecified atom stereocenters. The molecule has 5 rings (SSSR count). The van der Waals surface area contributed by atoms with Crippen LogP contribution >= 0.6 is 0 Å². The highest BCUT2D eigenvalue weighted by molar-refractivity contribution is 5.96. The molecule has 0 fully saturated rings. The predicted octanol–water partition coefficient (Wildman–Crippen LogP) is 8.25. The highest BCUT2D eigenvalue weighted by atomic mass is 14.5. The minimum atomic E-state index is 0.780. The fraction of sp³-hybridized carbons (Fsp3) is 0.0323. The first-order valence-electron chi connectivity index (χ1n) is 10.9. The minimum absolute atomic E-state index is 0.780. The van der Waals surface area contributed by atoms with Crippen LogP contribution < -0.4 is 5.73 Å². The van der Waals surface area contributed by atoms with E-state index in [1.54, 1.807) is 0 Å². The molecule has 1 heteroatoms. The average Bonchev–Trinajstić information content (AvgIpc) is 2.85. The Kier molecular flexibility index (Phi) is 5.31. The van der Waals surface area contributed by atoms with Crippen molar-refractivity contribution in [2.45, 2.75) is 6.92 Å². The van der Waals surface area contributed by atoms with Gasteiger partial charge in [-0.2, -0.15) is 0 Å². The van der Waals surface area contributed by atoms with Crippen LogP contribution in [0.25, 0.3) is 44.5 Å². The van der Waals surface area contributed by atoms with E-state index in [4.69, 9.17) is 5.73 Å². The Labute approximate surface area is 189 Å². The van der Waals surface area contributed by atoms with Gasteiger partial charge >= 0.3 is 0 Å². The molecule has 5 aromatic carbocycles. The maximum atomic E-state index is 5.90. The fourth-order valence-electron chi connectivity index (χ4n) is 4.37. The van der Waals surface area contributed by atoms with Crippen molar-refractivity contribution in [3.63, 3.8) is 0 Å². The zero-order chi connectivity index (χ0) is 21.9. The van der Waals surface area contributed by atoms with Crippen LogP contribution in [0.3, 0.4) is 0 Å². The third kappa shape index (κ3) is 3.81. The second-order valence-electron chi connectivity index (χ2n) is 8.11. The normalized spacial score (nSPS) is 10.8. The van der Waals surface area contributed by atoms with E-state index >= 15 is 0 Å². The molecule has 0 amide bonds. The molecular formula is C31H25N. The van der Waals surface area contributed by atoms with Crippen LogP contribution in [0.5, 0.6) is 0 Å². The van der Waals surface area contributed by atoms with Gasteiger partial charge in [-0.25, -0.2) is 0 Å². The summed E-state index contributed by atoms with van der Waals surface area (Å²) in [5.41, 5.74) is 17.7. The molecule has 0 aliphatic carbocycles. The second-order valence-corrected chi connectivity index (χ2v) is 8.11. The van der Waals surface area contributed by atoms with Crippen LogP contribution in [0.1, 0.15) is 5.56 Å². The second kappa shape index (κ2) is 8.56. The summed E-state index contributed by atoms with van der Waals surface area (Å²) in [6.45, 7) is 2.20. The summed E-state index contributed by atoms with van der Waals surface area (Å²) >= 11 is 0. The standard InChI is InChI=1S/C31H25N/c1-22-15-20-29(27-14-8-13-26(21-27)23-16-18-28(32)19-17-23)31(25-11-6-3-7-12-25)30(22)24-9-4-2-5-10-24/h2-21H,32H2,1H3. The molecule has 0 aromatic heterocycles. The van der Waals surface area contributed by atoms with Crippen molar-refractivity contribution >= 4 is 5.69 Å². The van der Waals surface area contributed by atoms with Crippen molar-refractivity contribution in [3.8, 4) is 44.5 Å². The Hall–Kier alpha value is -4.10. The number of aryl methyl sites for hydroxylation is 1. The van der Waals surface area contributed by atoms with Crippen LogP contribution in [-0.4, -0.2) is 0 Å². The first kappa shape index (κ1) is 19.8. The predicted molar refractivity (Wildman–Crippen MR) is 137 cm³/mol. The molecule has 32 heavy (non-hydrogen) atoms. The quantitative estimate of drug-likeness (QED) is 0.296. The molecular weight excluding hydrogens is 386 g/mol. The van der Waals surface area contributed by atoms with Gasteiger partial charge in [0.15, 0.2) is 0 Å². The van der Waals surface area contributed by atoms with Crippen molar-refractivity contribution in [2.24, 2.45) is 0 Å². The van der Waals surface area contributed by atoms with Gasteiger partial charge in [-0.3, -0.25) is 0 Å². The minimum Gasteiger partial charge on any atom is -0.399 e. The molecule has 0 bridgehead atoms. The van der Waals surface area contributed by atoms with Crippen molar-refractivity contribution in [1.29, 1.82) is 0 Å². The van der Waals surface area contributed by atoms with Gasteiger partial charge < -0.3 is 5.73 Å². The zero-order valence-electron chi connectivity index (χ0n) is 18.1. The Balaban J connectivity index is 1.75. The summed E-state index contributed by atoms with van der Waals surface area (Å²) in [4.78, 5) is 0. The number of anilines is 1. The summed E-state index contributed by atoms with van der Waals surface area (Å²) in [6, 6.07) is 42.7. The van der Waals surface area contributed by atoms with Gasteiger partial charge in [0.25, 0.3) is 0 Å². The van der Waals surface area contributed by atoms with Gasteiger partial charge in [0.2, 0.25) is 0 Å². The van der Waals surface area contributed by atoms with Gasteiger partial charge in [-0.05, 0) is 75.2 Å².